The second-order valence-electron chi connectivity index (χ2n) is 4.62. The molecular formula is C13H19NO4. The van der Waals surface area contributed by atoms with Gasteiger partial charge in [-0.2, -0.15) is 0 Å². The summed E-state index contributed by atoms with van der Waals surface area (Å²) in [5, 5.41) is 12.1. The van der Waals surface area contributed by atoms with Crippen molar-refractivity contribution in [1.29, 1.82) is 0 Å². The number of nitrogens with one attached hydrogen (secondary N) is 1. The van der Waals surface area contributed by atoms with Gasteiger partial charge < -0.3 is 19.6 Å². The van der Waals surface area contributed by atoms with E-state index in [2.05, 4.69) is 5.32 Å². The summed E-state index contributed by atoms with van der Waals surface area (Å²) in [6.07, 6.45) is 3.75. The van der Waals surface area contributed by atoms with E-state index in [9.17, 15) is 4.79 Å². The first kappa shape index (κ1) is 13.1. The fourth-order valence-electron chi connectivity index (χ4n) is 2.14. The van der Waals surface area contributed by atoms with E-state index in [1.807, 2.05) is 0 Å². The van der Waals surface area contributed by atoms with Crippen molar-refractivity contribution in [2.24, 2.45) is 0 Å². The van der Waals surface area contributed by atoms with Gasteiger partial charge in [-0.3, -0.25) is 0 Å². The predicted octanol–water partition coefficient (Wildman–Crippen LogP) is 1.94. The third-order valence-corrected chi connectivity index (χ3v) is 3.19. The first-order valence-electron chi connectivity index (χ1n) is 6.31. The molecule has 1 fully saturated rings. The molecule has 0 spiro atoms. The van der Waals surface area contributed by atoms with Crippen molar-refractivity contribution in [2.75, 3.05) is 13.2 Å². The number of furan rings is 1. The first-order valence-corrected chi connectivity index (χ1v) is 6.31. The highest BCUT2D eigenvalue weighted by molar-refractivity contribution is 5.84. The molecular weight excluding hydrogens is 234 g/mol. The van der Waals surface area contributed by atoms with Gasteiger partial charge in [-0.15, -0.1) is 0 Å². The van der Waals surface area contributed by atoms with Gasteiger partial charge in [0.25, 0.3) is 0 Å². The SMILES string of the molecule is Cc1oc(C(=O)O)cc1CNCC1CCCCO1. The Morgan fingerprint density at radius 1 is 1.56 bits per heavy atom. The van der Waals surface area contributed by atoms with Gasteiger partial charge in [-0.25, -0.2) is 4.79 Å². The van der Waals surface area contributed by atoms with Gasteiger partial charge in [-0.1, -0.05) is 0 Å². The highest BCUT2D eigenvalue weighted by Gasteiger charge is 2.15. The van der Waals surface area contributed by atoms with Crippen LogP contribution in [0.4, 0.5) is 0 Å². The molecule has 5 heteroatoms. The Labute approximate surface area is 106 Å². The maximum Gasteiger partial charge on any atom is 0.371 e. The van der Waals surface area contributed by atoms with E-state index in [-0.39, 0.29) is 11.9 Å². The van der Waals surface area contributed by atoms with Crippen molar-refractivity contribution in [2.45, 2.75) is 38.8 Å². The molecule has 2 N–H and O–H groups in total. The number of hydrogen-bond donors (Lipinski definition) is 2. The van der Waals surface area contributed by atoms with Crippen LogP contribution in [0.5, 0.6) is 0 Å². The van der Waals surface area contributed by atoms with Crippen LogP contribution in [-0.2, 0) is 11.3 Å². The number of ether oxygens (including phenoxy) is 1. The second-order valence-corrected chi connectivity index (χ2v) is 4.62. The molecule has 0 aliphatic carbocycles. The molecule has 0 amide bonds. The number of carbonyl (C=O) groups is 1. The molecule has 1 aromatic rings. The zero-order valence-electron chi connectivity index (χ0n) is 10.6. The number of aromatic carboxylic acids is 1. The molecule has 100 valence electrons. The van der Waals surface area contributed by atoms with E-state index in [0.717, 1.165) is 31.6 Å². The van der Waals surface area contributed by atoms with Gasteiger partial charge in [0.1, 0.15) is 5.76 Å². The van der Waals surface area contributed by atoms with Crippen LogP contribution < -0.4 is 5.32 Å². The maximum atomic E-state index is 10.8. The molecule has 1 aromatic heterocycles. The molecule has 1 aliphatic heterocycles. The topological polar surface area (TPSA) is 71.7 Å². The standard InChI is InChI=1S/C13H19NO4/c1-9-10(6-12(18-9)13(15)16)7-14-8-11-4-2-3-5-17-11/h6,11,14H,2-5,7-8H2,1H3,(H,15,16). The van der Waals surface area contributed by atoms with Crippen LogP contribution in [-0.4, -0.2) is 30.3 Å². The van der Waals surface area contributed by atoms with Crippen LogP contribution in [0.2, 0.25) is 0 Å². The fourth-order valence-corrected chi connectivity index (χ4v) is 2.14. The summed E-state index contributed by atoms with van der Waals surface area (Å²) in [4.78, 5) is 10.8. The molecule has 2 heterocycles. The van der Waals surface area contributed by atoms with Crippen molar-refractivity contribution in [1.82, 2.24) is 5.32 Å². The minimum atomic E-state index is -1.03. The zero-order valence-corrected chi connectivity index (χ0v) is 10.6. The molecule has 0 radical (unpaired) electrons. The monoisotopic (exact) mass is 253 g/mol. The first-order chi connectivity index (χ1) is 8.66. The van der Waals surface area contributed by atoms with Gasteiger partial charge in [0.2, 0.25) is 5.76 Å². The molecule has 0 aromatic carbocycles. The van der Waals surface area contributed by atoms with Crippen LogP contribution in [0.25, 0.3) is 0 Å². The van der Waals surface area contributed by atoms with Crippen LogP contribution in [0, 0.1) is 6.92 Å². The molecule has 0 saturated carbocycles. The van der Waals surface area contributed by atoms with Crippen molar-refractivity contribution in [3.8, 4) is 0 Å². The summed E-state index contributed by atoms with van der Waals surface area (Å²) in [5.41, 5.74) is 0.892. The number of rotatable bonds is 5. The zero-order chi connectivity index (χ0) is 13.0. The van der Waals surface area contributed by atoms with Gasteiger partial charge in [0.15, 0.2) is 0 Å². The van der Waals surface area contributed by atoms with E-state index in [1.54, 1.807) is 13.0 Å². The van der Waals surface area contributed by atoms with Gasteiger partial charge in [0.05, 0.1) is 6.10 Å². The lowest BCUT2D eigenvalue weighted by Gasteiger charge is -2.22. The average Bonchev–Trinajstić information content (AvgIpc) is 2.73. The van der Waals surface area contributed by atoms with Crippen LogP contribution >= 0.6 is 0 Å². The third-order valence-electron chi connectivity index (χ3n) is 3.19. The molecule has 1 atom stereocenters. The van der Waals surface area contributed by atoms with Gasteiger partial charge >= 0.3 is 5.97 Å². The minimum absolute atomic E-state index is 0.00165. The summed E-state index contributed by atoms with van der Waals surface area (Å²) in [7, 11) is 0. The van der Waals surface area contributed by atoms with E-state index in [4.69, 9.17) is 14.3 Å². The number of carboxylic acid groups (broad SMARTS) is 1. The molecule has 1 unspecified atom stereocenters. The van der Waals surface area contributed by atoms with Crippen LogP contribution in [0.1, 0.15) is 41.1 Å². The Bertz CT molecular complexity index is 407. The second kappa shape index (κ2) is 6.02. The van der Waals surface area contributed by atoms with E-state index >= 15 is 0 Å². The molecule has 1 saturated heterocycles. The average molecular weight is 253 g/mol. The lowest BCUT2D eigenvalue weighted by molar-refractivity contribution is 0.0167. The van der Waals surface area contributed by atoms with Crippen LogP contribution in [0.3, 0.4) is 0 Å². The minimum Gasteiger partial charge on any atom is -0.475 e. The Morgan fingerprint density at radius 2 is 2.39 bits per heavy atom. The highest BCUT2D eigenvalue weighted by Crippen LogP contribution is 2.15. The van der Waals surface area contributed by atoms with Crippen LogP contribution in [0.15, 0.2) is 10.5 Å². The normalized spacial score (nSPS) is 19.9. The largest absolute Gasteiger partial charge is 0.475 e. The molecule has 5 nitrogen and oxygen atoms in total. The van der Waals surface area contributed by atoms with E-state index in [0.29, 0.717) is 12.3 Å². The van der Waals surface area contributed by atoms with Gasteiger partial charge in [-0.05, 0) is 32.3 Å². The van der Waals surface area contributed by atoms with E-state index < -0.39 is 5.97 Å². The van der Waals surface area contributed by atoms with E-state index in [1.165, 1.54) is 6.42 Å². The number of carboxylic acids is 1. The number of hydrogen-bond acceptors (Lipinski definition) is 4. The molecule has 1 aliphatic rings. The summed E-state index contributed by atoms with van der Waals surface area (Å²) >= 11 is 0. The Morgan fingerprint density at radius 3 is 3.00 bits per heavy atom. The van der Waals surface area contributed by atoms with Crippen molar-refractivity contribution in [3.05, 3.63) is 23.2 Å². The molecule has 0 bridgehead atoms. The Kier molecular flexibility index (Phi) is 4.38. The Hall–Kier alpha value is -1.33. The Balaban J connectivity index is 1.80. The third kappa shape index (κ3) is 3.34. The highest BCUT2D eigenvalue weighted by atomic mass is 16.5. The van der Waals surface area contributed by atoms with Crippen molar-refractivity contribution in [3.63, 3.8) is 0 Å². The lowest BCUT2D eigenvalue weighted by atomic mass is 10.1. The van der Waals surface area contributed by atoms with Crippen molar-refractivity contribution >= 4 is 5.97 Å². The maximum absolute atomic E-state index is 10.8. The quantitative estimate of drug-likeness (QED) is 0.839. The molecule has 2 rings (SSSR count). The predicted molar refractivity (Wildman–Crippen MR) is 65.7 cm³/mol. The molecule has 18 heavy (non-hydrogen) atoms. The summed E-state index contributed by atoms with van der Waals surface area (Å²) in [5.74, 6) is -0.373. The lowest BCUT2D eigenvalue weighted by Crippen LogP contribution is -2.31. The van der Waals surface area contributed by atoms with Gasteiger partial charge in [0, 0.05) is 25.3 Å². The van der Waals surface area contributed by atoms with Crippen molar-refractivity contribution < 1.29 is 19.1 Å². The summed E-state index contributed by atoms with van der Waals surface area (Å²) < 4.78 is 10.8. The summed E-state index contributed by atoms with van der Waals surface area (Å²) in [6.45, 7) is 4.04. The smallest absolute Gasteiger partial charge is 0.371 e. The number of aryl methyl sites for hydroxylation is 1. The summed E-state index contributed by atoms with van der Waals surface area (Å²) in [6, 6.07) is 1.58. The fraction of sp³-hybridized carbons (Fsp3) is 0.615.